The van der Waals surface area contributed by atoms with Gasteiger partial charge in [-0.1, -0.05) is 6.92 Å². The van der Waals surface area contributed by atoms with Gasteiger partial charge in [0.1, 0.15) is 5.56 Å². The molecule has 0 radical (unpaired) electrons. The highest BCUT2D eigenvalue weighted by molar-refractivity contribution is 6.20. The van der Waals surface area contributed by atoms with Crippen molar-refractivity contribution in [2.75, 3.05) is 31.6 Å². The number of hydrogen-bond acceptors (Lipinski definition) is 9. The molecule has 4 heterocycles. The number of hydrogen-bond donors (Lipinski definition) is 4. The molecule has 3 aliphatic heterocycles. The summed E-state index contributed by atoms with van der Waals surface area (Å²) >= 11 is 0. The van der Waals surface area contributed by atoms with Crippen LogP contribution >= 0.6 is 0 Å². The Morgan fingerprint density at radius 3 is 2.57 bits per heavy atom. The van der Waals surface area contributed by atoms with Gasteiger partial charge in [-0.15, -0.1) is 0 Å². The standard InChI is InChI=1S/C24H27N7O6/c1-3-6-31-19(33)15(18(32)26-23(31)37)11-25-14-4-5-16-13(9-14)10-24(17-12-29(2)7-8-30(16)17)20(34)27-22(36)28-21(24)35/h4-5,9,11,17,33H,3,6-8,10,12H2,1-2H3,(H,26,32,37)(H2,27,28,34,35,36). The number of aromatic amines is 1. The third-order valence-corrected chi connectivity index (χ3v) is 7.26. The fourth-order valence-electron chi connectivity index (χ4n) is 5.41. The first-order valence-corrected chi connectivity index (χ1v) is 12.0. The zero-order valence-electron chi connectivity index (χ0n) is 20.4. The van der Waals surface area contributed by atoms with Crippen molar-refractivity contribution < 1.29 is 19.5 Å². The Morgan fingerprint density at radius 2 is 1.86 bits per heavy atom. The minimum Gasteiger partial charge on any atom is -0.494 e. The molecule has 2 aromatic rings. The van der Waals surface area contributed by atoms with E-state index >= 15 is 0 Å². The van der Waals surface area contributed by atoms with Crippen LogP contribution in [0.2, 0.25) is 0 Å². The predicted octanol–water partition coefficient (Wildman–Crippen LogP) is -0.568. The molecule has 4 N–H and O–H groups in total. The molecular formula is C24H27N7O6. The SMILES string of the molecule is CCCn1c(O)c(C=Nc2ccc3c(c2)CC2(C(=O)NC(=O)NC2=O)C2CN(C)CCN32)c(=O)[nH]c1=O. The lowest BCUT2D eigenvalue weighted by atomic mass is 9.68. The zero-order chi connectivity index (χ0) is 26.5. The van der Waals surface area contributed by atoms with E-state index in [9.17, 15) is 29.1 Å². The van der Waals surface area contributed by atoms with E-state index in [2.05, 4.69) is 20.6 Å². The third-order valence-electron chi connectivity index (χ3n) is 7.26. The summed E-state index contributed by atoms with van der Waals surface area (Å²) in [6, 6.07) is 3.98. The van der Waals surface area contributed by atoms with Crippen LogP contribution < -0.4 is 26.8 Å². The number of carbonyl (C=O) groups is 3. The molecule has 2 saturated heterocycles. The van der Waals surface area contributed by atoms with Gasteiger partial charge in [-0.2, -0.15) is 0 Å². The first-order chi connectivity index (χ1) is 17.6. The molecule has 1 atom stereocenters. The van der Waals surface area contributed by atoms with Crippen molar-refractivity contribution in [2.24, 2.45) is 10.4 Å². The molecule has 194 valence electrons. The van der Waals surface area contributed by atoms with Crippen LogP contribution in [0.3, 0.4) is 0 Å². The highest BCUT2D eigenvalue weighted by Gasteiger charge is 2.60. The smallest absolute Gasteiger partial charge is 0.331 e. The van der Waals surface area contributed by atoms with Crippen molar-refractivity contribution in [3.8, 4) is 5.88 Å². The Bertz CT molecular complexity index is 1440. The van der Waals surface area contributed by atoms with Gasteiger partial charge in [0.25, 0.3) is 5.56 Å². The number of likely N-dealkylation sites (N-methyl/N-ethyl adjacent to an activating group) is 1. The van der Waals surface area contributed by atoms with E-state index in [1.54, 1.807) is 12.1 Å². The van der Waals surface area contributed by atoms with Gasteiger partial charge in [-0.05, 0) is 43.7 Å². The molecule has 1 spiro atoms. The van der Waals surface area contributed by atoms with Crippen molar-refractivity contribution in [1.29, 1.82) is 0 Å². The summed E-state index contributed by atoms with van der Waals surface area (Å²) in [5.41, 5.74) is -1.18. The summed E-state index contributed by atoms with van der Waals surface area (Å²) in [6.45, 7) is 3.82. The molecule has 0 bridgehead atoms. The molecule has 3 aliphatic rings. The number of urea groups is 1. The maximum atomic E-state index is 13.2. The molecule has 13 heteroatoms. The minimum absolute atomic E-state index is 0.0544. The molecule has 0 aliphatic carbocycles. The van der Waals surface area contributed by atoms with Gasteiger partial charge < -0.3 is 14.9 Å². The van der Waals surface area contributed by atoms with E-state index in [4.69, 9.17) is 0 Å². The maximum absolute atomic E-state index is 13.2. The maximum Gasteiger partial charge on any atom is 0.331 e. The predicted molar refractivity (Wildman–Crippen MR) is 133 cm³/mol. The monoisotopic (exact) mass is 509 g/mol. The number of rotatable bonds is 4. The number of amides is 4. The Morgan fingerprint density at radius 1 is 1.14 bits per heavy atom. The number of aliphatic imine (C=N–C) groups is 1. The lowest BCUT2D eigenvalue weighted by molar-refractivity contribution is -0.147. The molecule has 13 nitrogen and oxygen atoms in total. The molecule has 37 heavy (non-hydrogen) atoms. The van der Waals surface area contributed by atoms with Gasteiger partial charge in [0.2, 0.25) is 17.7 Å². The topological polar surface area (TPSA) is 169 Å². The minimum atomic E-state index is -1.51. The van der Waals surface area contributed by atoms with Gasteiger partial charge in [0.05, 0.1) is 11.7 Å². The normalized spacial score (nSPS) is 21.1. The van der Waals surface area contributed by atoms with Gasteiger partial charge in [0, 0.05) is 38.1 Å². The van der Waals surface area contributed by atoms with E-state index in [-0.39, 0.29) is 18.5 Å². The largest absolute Gasteiger partial charge is 0.494 e. The average Bonchev–Trinajstić information content (AvgIpc) is 2.84. The van der Waals surface area contributed by atoms with E-state index in [1.165, 1.54) is 6.21 Å². The van der Waals surface area contributed by atoms with Gasteiger partial charge >= 0.3 is 11.7 Å². The van der Waals surface area contributed by atoms with Crippen LogP contribution in [0.5, 0.6) is 5.88 Å². The zero-order valence-corrected chi connectivity index (χ0v) is 20.4. The van der Waals surface area contributed by atoms with Gasteiger partial charge in [-0.3, -0.25) is 39.6 Å². The van der Waals surface area contributed by atoms with Gasteiger partial charge in [-0.25, -0.2) is 9.59 Å². The summed E-state index contributed by atoms with van der Waals surface area (Å²) in [4.78, 5) is 73.1. The van der Waals surface area contributed by atoms with Crippen molar-refractivity contribution >= 4 is 35.4 Å². The summed E-state index contributed by atoms with van der Waals surface area (Å²) in [5.74, 6) is -1.75. The number of carbonyl (C=O) groups excluding carboxylic acids is 3. The Labute approximate surface area is 210 Å². The van der Waals surface area contributed by atoms with Crippen molar-refractivity contribution in [2.45, 2.75) is 32.4 Å². The number of nitrogens with zero attached hydrogens (tertiary/aromatic N) is 4. The first-order valence-electron chi connectivity index (χ1n) is 12.0. The quantitative estimate of drug-likeness (QED) is 0.314. The fraction of sp³-hybridized carbons (Fsp3) is 0.417. The van der Waals surface area contributed by atoms with Crippen molar-refractivity contribution in [1.82, 2.24) is 25.1 Å². The summed E-state index contributed by atoms with van der Waals surface area (Å²) in [5, 5.41) is 15.0. The number of benzene rings is 1. The van der Waals surface area contributed by atoms with E-state index in [1.807, 2.05) is 29.8 Å². The highest BCUT2D eigenvalue weighted by atomic mass is 16.3. The molecule has 1 aromatic carbocycles. The van der Waals surface area contributed by atoms with E-state index in [0.29, 0.717) is 30.8 Å². The molecule has 0 saturated carbocycles. The summed E-state index contributed by atoms with van der Waals surface area (Å²) in [7, 11) is 1.92. The molecule has 4 amide bonds. The van der Waals surface area contributed by atoms with Crippen molar-refractivity contribution in [3.63, 3.8) is 0 Å². The highest BCUT2D eigenvalue weighted by Crippen LogP contribution is 2.45. The number of H-pyrrole nitrogens is 1. The summed E-state index contributed by atoms with van der Waals surface area (Å²) < 4.78 is 1.06. The van der Waals surface area contributed by atoms with E-state index < -0.39 is 46.4 Å². The van der Waals surface area contributed by atoms with Crippen LogP contribution in [0.1, 0.15) is 24.5 Å². The van der Waals surface area contributed by atoms with Crippen LogP contribution in [0.25, 0.3) is 0 Å². The number of aromatic nitrogens is 2. The second kappa shape index (κ2) is 9.00. The number of imide groups is 2. The molecular weight excluding hydrogens is 482 g/mol. The number of fused-ring (bicyclic) bond motifs is 4. The average molecular weight is 510 g/mol. The second-order valence-electron chi connectivity index (χ2n) is 9.58. The number of piperazine rings is 1. The number of anilines is 1. The van der Waals surface area contributed by atoms with Crippen LogP contribution in [-0.4, -0.2) is 76.3 Å². The van der Waals surface area contributed by atoms with Crippen LogP contribution in [0, 0.1) is 5.41 Å². The van der Waals surface area contributed by atoms with Crippen LogP contribution in [-0.2, 0) is 22.6 Å². The lowest BCUT2D eigenvalue weighted by Gasteiger charge is -2.53. The number of aromatic hydroxyl groups is 1. The third kappa shape index (κ3) is 3.91. The Kier molecular flexibility index (Phi) is 5.94. The summed E-state index contributed by atoms with van der Waals surface area (Å²) in [6.07, 6.45) is 1.80. The molecule has 5 rings (SSSR count). The Balaban J connectivity index is 1.55. The molecule has 1 unspecified atom stereocenters. The lowest BCUT2D eigenvalue weighted by Crippen LogP contribution is -2.74. The van der Waals surface area contributed by atoms with Gasteiger partial charge in [0.15, 0.2) is 5.41 Å². The number of nitrogens with one attached hydrogen (secondary N) is 3. The van der Waals surface area contributed by atoms with Crippen LogP contribution in [0.15, 0.2) is 32.8 Å². The number of barbiturate groups is 1. The van der Waals surface area contributed by atoms with Crippen molar-refractivity contribution in [3.05, 3.63) is 50.2 Å². The Hall–Kier alpha value is -4.26. The second-order valence-corrected chi connectivity index (χ2v) is 9.58. The molecule has 2 fully saturated rings. The van der Waals surface area contributed by atoms with Crippen LogP contribution in [0.4, 0.5) is 16.2 Å². The first kappa shape index (κ1) is 24.4. The van der Waals surface area contributed by atoms with E-state index in [0.717, 1.165) is 16.8 Å². The molecule has 1 aromatic heterocycles. The fourth-order valence-corrected chi connectivity index (χ4v) is 5.41.